The third-order valence-corrected chi connectivity index (χ3v) is 4.66. The van der Waals surface area contributed by atoms with Crippen molar-refractivity contribution in [3.05, 3.63) is 28.2 Å². The average molecular weight is 354 g/mol. The zero-order chi connectivity index (χ0) is 14.7. The summed E-state index contributed by atoms with van der Waals surface area (Å²) in [5.41, 5.74) is 1.92. The summed E-state index contributed by atoms with van der Waals surface area (Å²) in [6.45, 7) is 5.57. The van der Waals surface area contributed by atoms with E-state index in [1.54, 1.807) is 0 Å². The van der Waals surface area contributed by atoms with Gasteiger partial charge in [-0.1, -0.05) is 22.0 Å². The summed E-state index contributed by atoms with van der Waals surface area (Å²) in [6.07, 6.45) is 1.03. The summed E-state index contributed by atoms with van der Waals surface area (Å²) in [4.78, 5) is 14.5. The van der Waals surface area contributed by atoms with E-state index in [0.29, 0.717) is 0 Å². The standard InChI is InChI=1S/C15H20BrN3O2/c16-11-3-1-4-12-13(11)14(15(20)18-12)17-5-2-6-19-7-9-21-10-8-19/h1,3-4,14,17H,2,5-10H2,(H,18,20). The minimum absolute atomic E-state index is 0.0308. The Morgan fingerprint density at radius 2 is 2.19 bits per heavy atom. The number of anilines is 1. The zero-order valence-electron chi connectivity index (χ0n) is 11.9. The highest BCUT2D eigenvalue weighted by molar-refractivity contribution is 9.10. The van der Waals surface area contributed by atoms with Gasteiger partial charge in [0.2, 0.25) is 5.91 Å². The van der Waals surface area contributed by atoms with E-state index in [9.17, 15) is 4.79 Å². The highest BCUT2D eigenvalue weighted by atomic mass is 79.9. The number of halogens is 1. The predicted molar refractivity (Wildman–Crippen MR) is 85.4 cm³/mol. The number of morpholine rings is 1. The lowest BCUT2D eigenvalue weighted by atomic mass is 10.1. The van der Waals surface area contributed by atoms with E-state index >= 15 is 0 Å². The lowest BCUT2D eigenvalue weighted by Gasteiger charge is -2.26. The third kappa shape index (κ3) is 3.45. The van der Waals surface area contributed by atoms with Crippen LogP contribution < -0.4 is 10.6 Å². The van der Waals surface area contributed by atoms with Crippen molar-refractivity contribution in [1.29, 1.82) is 0 Å². The first-order chi connectivity index (χ1) is 10.3. The Balaban J connectivity index is 1.51. The summed E-state index contributed by atoms with van der Waals surface area (Å²) in [6, 6.07) is 5.60. The van der Waals surface area contributed by atoms with Crippen molar-refractivity contribution in [1.82, 2.24) is 10.2 Å². The smallest absolute Gasteiger partial charge is 0.246 e. The van der Waals surface area contributed by atoms with Gasteiger partial charge in [0.15, 0.2) is 0 Å². The lowest BCUT2D eigenvalue weighted by molar-refractivity contribution is -0.117. The first kappa shape index (κ1) is 15.0. The number of rotatable bonds is 5. The molecule has 2 heterocycles. The van der Waals surface area contributed by atoms with Crippen LogP contribution in [0.15, 0.2) is 22.7 Å². The van der Waals surface area contributed by atoms with E-state index < -0.39 is 0 Å². The summed E-state index contributed by atoms with van der Waals surface area (Å²) in [5, 5.41) is 6.29. The van der Waals surface area contributed by atoms with Crippen LogP contribution in [0.2, 0.25) is 0 Å². The highest BCUT2D eigenvalue weighted by Gasteiger charge is 2.31. The van der Waals surface area contributed by atoms with Gasteiger partial charge < -0.3 is 15.4 Å². The summed E-state index contributed by atoms with van der Waals surface area (Å²) < 4.78 is 6.31. The number of carbonyl (C=O) groups is 1. The van der Waals surface area contributed by atoms with Gasteiger partial charge in [0.05, 0.1) is 13.2 Å². The van der Waals surface area contributed by atoms with E-state index in [0.717, 1.165) is 61.5 Å². The maximum Gasteiger partial charge on any atom is 0.246 e. The third-order valence-electron chi connectivity index (χ3n) is 3.96. The van der Waals surface area contributed by atoms with Gasteiger partial charge in [0.25, 0.3) is 0 Å². The maximum atomic E-state index is 12.1. The first-order valence-electron chi connectivity index (χ1n) is 7.38. The second-order valence-electron chi connectivity index (χ2n) is 5.39. The number of amides is 1. The van der Waals surface area contributed by atoms with Crippen molar-refractivity contribution >= 4 is 27.5 Å². The van der Waals surface area contributed by atoms with Crippen LogP contribution in [0, 0.1) is 0 Å². The minimum atomic E-state index is -0.250. The van der Waals surface area contributed by atoms with E-state index in [4.69, 9.17) is 4.74 Å². The molecule has 6 heteroatoms. The molecule has 0 radical (unpaired) electrons. The largest absolute Gasteiger partial charge is 0.379 e. The molecule has 0 aliphatic carbocycles. The second-order valence-corrected chi connectivity index (χ2v) is 6.24. The zero-order valence-corrected chi connectivity index (χ0v) is 13.5. The molecule has 0 saturated carbocycles. The van der Waals surface area contributed by atoms with Gasteiger partial charge in [-0.25, -0.2) is 0 Å². The molecule has 1 aromatic carbocycles. The Bertz CT molecular complexity index is 518. The van der Waals surface area contributed by atoms with Crippen LogP contribution in [-0.2, 0) is 9.53 Å². The minimum Gasteiger partial charge on any atom is -0.379 e. The number of ether oxygens (including phenoxy) is 1. The fourth-order valence-corrected chi connectivity index (χ4v) is 3.44. The number of hydrogen-bond acceptors (Lipinski definition) is 4. The van der Waals surface area contributed by atoms with E-state index in [1.165, 1.54) is 0 Å². The van der Waals surface area contributed by atoms with Crippen LogP contribution in [0.4, 0.5) is 5.69 Å². The number of nitrogens with zero attached hydrogens (tertiary/aromatic N) is 1. The van der Waals surface area contributed by atoms with Gasteiger partial charge in [-0.3, -0.25) is 9.69 Å². The van der Waals surface area contributed by atoms with Crippen LogP contribution in [0.1, 0.15) is 18.0 Å². The molecule has 2 aliphatic heterocycles. The summed E-state index contributed by atoms with van der Waals surface area (Å²) in [5.74, 6) is 0.0308. The Kier molecular flexibility index (Phi) is 4.90. The van der Waals surface area contributed by atoms with Crippen molar-refractivity contribution in [3.8, 4) is 0 Å². The Labute approximate surface area is 133 Å². The molecular weight excluding hydrogens is 334 g/mol. The molecule has 0 aromatic heterocycles. The lowest BCUT2D eigenvalue weighted by Crippen LogP contribution is -2.38. The first-order valence-corrected chi connectivity index (χ1v) is 8.18. The average Bonchev–Trinajstić information content (AvgIpc) is 2.82. The molecule has 1 amide bonds. The number of benzene rings is 1. The number of fused-ring (bicyclic) bond motifs is 1. The summed E-state index contributed by atoms with van der Waals surface area (Å²) >= 11 is 3.53. The molecule has 1 saturated heterocycles. The van der Waals surface area contributed by atoms with Crippen molar-refractivity contribution in [2.45, 2.75) is 12.5 Å². The molecule has 5 nitrogen and oxygen atoms in total. The quantitative estimate of drug-likeness (QED) is 0.792. The molecule has 1 atom stereocenters. The Hall–Kier alpha value is -0.950. The maximum absolute atomic E-state index is 12.1. The van der Waals surface area contributed by atoms with Crippen LogP contribution in [0.25, 0.3) is 0 Å². The second kappa shape index (κ2) is 6.87. The van der Waals surface area contributed by atoms with E-state index in [2.05, 4.69) is 31.5 Å². The van der Waals surface area contributed by atoms with Crippen molar-refractivity contribution in [2.24, 2.45) is 0 Å². The topological polar surface area (TPSA) is 53.6 Å². The molecule has 0 spiro atoms. The monoisotopic (exact) mass is 353 g/mol. The fourth-order valence-electron chi connectivity index (χ4n) is 2.84. The molecule has 3 rings (SSSR count). The normalized spacial score (nSPS) is 22.1. The summed E-state index contributed by atoms with van der Waals surface area (Å²) in [7, 11) is 0. The molecule has 1 unspecified atom stereocenters. The number of carbonyl (C=O) groups excluding carboxylic acids is 1. The Morgan fingerprint density at radius 3 is 3.00 bits per heavy atom. The predicted octanol–water partition coefficient (Wildman–Crippen LogP) is 1.75. The highest BCUT2D eigenvalue weighted by Crippen LogP contribution is 2.36. The van der Waals surface area contributed by atoms with Gasteiger partial charge in [-0.2, -0.15) is 0 Å². The molecule has 1 aromatic rings. The number of nitrogens with one attached hydrogen (secondary N) is 2. The Morgan fingerprint density at radius 1 is 1.38 bits per heavy atom. The van der Waals surface area contributed by atoms with Gasteiger partial charge in [0, 0.05) is 28.8 Å². The molecule has 2 N–H and O–H groups in total. The van der Waals surface area contributed by atoms with Crippen molar-refractivity contribution < 1.29 is 9.53 Å². The van der Waals surface area contributed by atoms with Crippen molar-refractivity contribution in [3.63, 3.8) is 0 Å². The SMILES string of the molecule is O=C1Nc2cccc(Br)c2C1NCCCN1CCOCC1. The molecule has 2 aliphatic rings. The van der Waals surface area contributed by atoms with Crippen LogP contribution in [0.3, 0.4) is 0 Å². The van der Waals surface area contributed by atoms with Crippen LogP contribution >= 0.6 is 15.9 Å². The molecule has 114 valence electrons. The van der Waals surface area contributed by atoms with Crippen LogP contribution in [-0.4, -0.2) is 50.2 Å². The number of hydrogen-bond donors (Lipinski definition) is 2. The van der Waals surface area contributed by atoms with E-state index in [1.807, 2.05) is 18.2 Å². The molecule has 21 heavy (non-hydrogen) atoms. The van der Waals surface area contributed by atoms with Gasteiger partial charge in [-0.15, -0.1) is 0 Å². The van der Waals surface area contributed by atoms with Gasteiger partial charge >= 0.3 is 0 Å². The molecule has 0 bridgehead atoms. The molecule has 1 fully saturated rings. The van der Waals surface area contributed by atoms with Gasteiger partial charge in [0.1, 0.15) is 6.04 Å². The van der Waals surface area contributed by atoms with E-state index in [-0.39, 0.29) is 11.9 Å². The molecular formula is C15H20BrN3O2. The van der Waals surface area contributed by atoms with Gasteiger partial charge in [-0.05, 0) is 31.6 Å². The van der Waals surface area contributed by atoms with Crippen molar-refractivity contribution in [2.75, 3.05) is 44.7 Å². The van der Waals surface area contributed by atoms with Crippen LogP contribution in [0.5, 0.6) is 0 Å². The fraction of sp³-hybridized carbons (Fsp3) is 0.533.